The molecule has 0 spiro atoms. The summed E-state index contributed by atoms with van der Waals surface area (Å²) in [5, 5.41) is 14.5. The predicted octanol–water partition coefficient (Wildman–Crippen LogP) is 0.557. The maximum absolute atomic E-state index is 7.26. The minimum Gasteiger partial charge on any atom is -0.412 e. The van der Waals surface area contributed by atoms with Gasteiger partial charge in [0, 0.05) is 0 Å². The normalized spacial score (nSPS) is 6.83. The van der Waals surface area contributed by atoms with Crippen LogP contribution in [-0.4, -0.2) is 30.0 Å². The quantitative estimate of drug-likeness (QED) is 0.622. The third-order valence-corrected chi connectivity index (χ3v) is 1.39. The Kier molecular flexibility index (Phi) is 23.5. The summed E-state index contributed by atoms with van der Waals surface area (Å²) in [5.74, 6) is 0. The molecule has 0 aliphatic carbocycles. The van der Waals surface area contributed by atoms with E-state index < -0.39 is 0 Å². The highest BCUT2D eigenvalue weighted by atomic mass is 16.0. The molecular weight excluding hydrogens is 154 g/mol. The van der Waals surface area contributed by atoms with Gasteiger partial charge in [-0.3, -0.25) is 0 Å². The number of hydrogen-bond donors (Lipinski definition) is 0. The van der Waals surface area contributed by atoms with Crippen LogP contribution in [0.2, 0.25) is 0 Å². The maximum Gasteiger partial charge on any atom is 0.181 e. The summed E-state index contributed by atoms with van der Waals surface area (Å²) in [7, 11) is 0. The van der Waals surface area contributed by atoms with Crippen LogP contribution >= 0.6 is 0 Å². The molecule has 0 unspecified atom stereocenters. The minimum absolute atomic E-state index is 0. The lowest BCUT2D eigenvalue weighted by molar-refractivity contribution is 0.321. The van der Waals surface area contributed by atoms with Crippen LogP contribution in [0.4, 0.5) is 0 Å². The first-order valence-corrected chi connectivity index (χ1v) is 3.77. The van der Waals surface area contributed by atoms with E-state index in [9.17, 15) is 0 Å². The van der Waals surface area contributed by atoms with Gasteiger partial charge in [0.25, 0.3) is 0 Å². The fourth-order valence-corrected chi connectivity index (χ4v) is 0.671. The van der Waals surface area contributed by atoms with Gasteiger partial charge >= 0.3 is 0 Å². The van der Waals surface area contributed by atoms with Crippen molar-refractivity contribution in [3.8, 4) is 12.1 Å². The summed E-state index contributed by atoms with van der Waals surface area (Å²) < 4.78 is 0. The fourth-order valence-electron chi connectivity index (χ4n) is 0.671. The lowest BCUT2D eigenvalue weighted by Crippen LogP contribution is -2.21. The first-order chi connectivity index (χ1) is 5.26. The SMILES string of the molecule is CCN(CC)CC.N#CC#N.O. The molecule has 0 aliphatic rings. The highest BCUT2D eigenvalue weighted by molar-refractivity contribution is 4.99. The van der Waals surface area contributed by atoms with Crippen LogP contribution in [0.15, 0.2) is 0 Å². The Balaban J connectivity index is -0.000000142. The van der Waals surface area contributed by atoms with E-state index >= 15 is 0 Å². The molecule has 0 saturated heterocycles. The number of rotatable bonds is 3. The molecule has 0 aromatic carbocycles. The van der Waals surface area contributed by atoms with Gasteiger partial charge in [0.15, 0.2) is 12.1 Å². The Labute approximate surface area is 74.3 Å². The summed E-state index contributed by atoms with van der Waals surface area (Å²) in [6.45, 7) is 10.1. The topological polar surface area (TPSA) is 82.3 Å². The van der Waals surface area contributed by atoms with E-state index in [1.807, 2.05) is 0 Å². The molecule has 0 amide bonds. The summed E-state index contributed by atoms with van der Waals surface area (Å²) in [4.78, 5) is 2.38. The average molecular weight is 171 g/mol. The molecule has 0 aromatic rings. The summed E-state index contributed by atoms with van der Waals surface area (Å²) in [6.07, 6.45) is 0. The van der Waals surface area contributed by atoms with Crippen molar-refractivity contribution in [3.05, 3.63) is 0 Å². The van der Waals surface area contributed by atoms with Crippen LogP contribution in [0, 0.1) is 22.7 Å². The largest absolute Gasteiger partial charge is 0.412 e. The molecule has 0 aliphatic heterocycles. The first-order valence-electron chi connectivity index (χ1n) is 3.77. The van der Waals surface area contributed by atoms with E-state index in [4.69, 9.17) is 10.5 Å². The molecule has 0 radical (unpaired) electrons. The van der Waals surface area contributed by atoms with Gasteiger partial charge in [-0.15, -0.1) is 0 Å². The van der Waals surface area contributed by atoms with Crippen LogP contribution in [0.5, 0.6) is 0 Å². The standard InChI is InChI=1S/C6H15N.C2N2.H2O/c1-4-7(5-2)6-3;3-1-2-4;/h4-6H2,1-3H3;;1H2. The monoisotopic (exact) mass is 171 g/mol. The maximum atomic E-state index is 7.26. The van der Waals surface area contributed by atoms with Crippen molar-refractivity contribution in [3.63, 3.8) is 0 Å². The molecule has 4 nitrogen and oxygen atoms in total. The summed E-state index contributed by atoms with van der Waals surface area (Å²) >= 11 is 0. The third-order valence-electron chi connectivity index (χ3n) is 1.39. The number of hydrogen-bond acceptors (Lipinski definition) is 3. The molecule has 0 bridgehead atoms. The van der Waals surface area contributed by atoms with E-state index in [2.05, 4.69) is 25.7 Å². The van der Waals surface area contributed by atoms with Crippen LogP contribution in [0.1, 0.15) is 20.8 Å². The van der Waals surface area contributed by atoms with Gasteiger partial charge in [0.1, 0.15) is 0 Å². The molecule has 0 saturated carbocycles. The molecule has 0 rings (SSSR count). The van der Waals surface area contributed by atoms with E-state index in [0.717, 1.165) is 0 Å². The van der Waals surface area contributed by atoms with E-state index in [-0.39, 0.29) is 5.48 Å². The average Bonchev–Trinajstić information content (AvgIpc) is 2.08. The Morgan fingerprint density at radius 1 is 0.917 bits per heavy atom. The van der Waals surface area contributed by atoms with Crippen molar-refractivity contribution in [2.45, 2.75) is 20.8 Å². The molecule has 70 valence electrons. The van der Waals surface area contributed by atoms with Crippen molar-refractivity contribution >= 4 is 0 Å². The molecule has 0 heterocycles. The van der Waals surface area contributed by atoms with Crippen molar-refractivity contribution in [1.29, 1.82) is 10.5 Å². The zero-order valence-corrected chi connectivity index (χ0v) is 7.96. The van der Waals surface area contributed by atoms with Gasteiger partial charge < -0.3 is 10.4 Å². The molecular formula is C8H17N3O. The van der Waals surface area contributed by atoms with Crippen LogP contribution in [-0.2, 0) is 0 Å². The highest BCUT2D eigenvalue weighted by Gasteiger charge is 1.89. The summed E-state index contributed by atoms with van der Waals surface area (Å²) in [6, 6.07) is 2.47. The second-order valence-corrected chi connectivity index (χ2v) is 1.84. The Bertz CT molecular complexity index is 124. The van der Waals surface area contributed by atoms with E-state index in [1.54, 1.807) is 0 Å². The smallest absolute Gasteiger partial charge is 0.181 e. The van der Waals surface area contributed by atoms with Gasteiger partial charge in [-0.05, 0) is 19.6 Å². The molecule has 2 N–H and O–H groups in total. The predicted molar refractivity (Wildman–Crippen MR) is 48.3 cm³/mol. The third kappa shape index (κ3) is 16.0. The van der Waals surface area contributed by atoms with Gasteiger partial charge in [0.2, 0.25) is 0 Å². The molecule has 12 heavy (non-hydrogen) atoms. The second-order valence-electron chi connectivity index (χ2n) is 1.84. The van der Waals surface area contributed by atoms with Crippen molar-refractivity contribution < 1.29 is 5.48 Å². The number of nitriles is 2. The van der Waals surface area contributed by atoms with Crippen molar-refractivity contribution in [1.82, 2.24) is 4.90 Å². The van der Waals surface area contributed by atoms with Crippen LogP contribution in [0.3, 0.4) is 0 Å². The molecule has 0 atom stereocenters. The molecule has 0 fully saturated rings. The van der Waals surface area contributed by atoms with Gasteiger partial charge in [0.05, 0.1) is 0 Å². The zero-order chi connectivity index (χ0) is 9.11. The van der Waals surface area contributed by atoms with Gasteiger partial charge in [-0.25, -0.2) is 0 Å². The Morgan fingerprint density at radius 3 is 1.17 bits per heavy atom. The van der Waals surface area contributed by atoms with E-state index in [1.165, 1.54) is 31.8 Å². The molecule has 4 heteroatoms. The zero-order valence-electron chi connectivity index (χ0n) is 7.96. The summed E-state index contributed by atoms with van der Waals surface area (Å²) in [5.41, 5.74) is 0. The highest BCUT2D eigenvalue weighted by Crippen LogP contribution is 1.81. The number of nitrogens with zero attached hydrogens (tertiary/aromatic N) is 3. The van der Waals surface area contributed by atoms with Gasteiger partial charge in [-0.2, -0.15) is 10.5 Å². The fraction of sp³-hybridized carbons (Fsp3) is 0.750. The van der Waals surface area contributed by atoms with Crippen LogP contribution < -0.4 is 0 Å². The lowest BCUT2D eigenvalue weighted by atomic mass is 10.5. The minimum atomic E-state index is 0. The van der Waals surface area contributed by atoms with Crippen LogP contribution in [0.25, 0.3) is 0 Å². The first kappa shape index (κ1) is 17.1. The Morgan fingerprint density at radius 2 is 1.17 bits per heavy atom. The van der Waals surface area contributed by atoms with Gasteiger partial charge in [-0.1, -0.05) is 20.8 Å². The van der Waals surface area contributed by atoms with Crippen molar-refractivity contribution in [2.24, 2.45) is 0 Å². The van der Waals surface area contributed by atoms with Crippen molar-refractivity contribution in [2.75, 3.05) is 19.6 Å². The lowest BCUT2D eigenvalue weighted by Gasteiger charge is -2.13. The molecule has 0 aromatic heterocycles. The Hall–Kier alpha value is -1.10. The van der Waals surface area contributed by atoms with E-state index in [0.29, 0.717) is 0 Å². The second kappa shape index (κ2) is 16.5.